The van der Waals surface area contributed by atoms with E-state index in [0.717, 1.165) is 6.07 Å². The van der Waals surface area contributed by atoms with Gasteiger partial charge in [0.05, 0.1) is 17.1 Å². The van der Waals surface area contributed by atoms with Crippen LogP contribution >= 0.6 is 11.6 Å². The smallest absolute Gasteiger partial charge is 0.338 e. The topological polar surface area (TPSA) is 86.5 Å². The van der Waals surface area contributed by atoms with Gasteiger partial charge in [-0.25, -0.2) is 4.79 Å². The van der Waals surface area contributed by atoms with Gasteiger partial charge in [0.2, 0.25) is 0 Å². The minimum atomic E-state index is -0.666. The molecule has 0 aliphatic carbocycles. The van der Waals surface area contributed by atoms with E-state index in [4.69, 9.17) is 16.3 Å². The molecule has 0 saturated carbocycles. The van der Waals surface area contributed by atoms with Crippen molar-refractivity contribution in [3.8, 4) is 0 Å². The zero-order valence-corrected chi connectivity index (χ0v) is 13.6. The molecule has 0 fully saturated rings. The molecule has 0 heterocycles. The summed E-state index contributed by atoms with van der Waals surface area (Å²) < 4.78 is 5.06. The molecule has 0 radical (unpaired) electrons. The van der Waals surface area contributed by atoms with Gasteiger partial charge in [-0.05, 0) is 24.6 Å². The van der Waals surface area contributed by atoms with Gasteiger partial charge < -0.3 is 4.74 Å². The molecule has 2 rings (SSSR count). The SMILES string of the molecule is CCCOC(=O)c1ccccc1C(=O)c1ccc(Cl)c([N+](=O)[O-])c1. The van der Waals surface area contributed by atoms with Crippen molar-refractivity contribution >= 4 is 29.0 Å². The normalized spacial score (nSPS) is 10.2. The van der Waals surface area contributed by atoms with Crippen LogP contribution in [-0.2, 0) is 4.74 Å². The Labute approximate surface area is 143 Å². The number of halogens is 1. The first-order chi connectivity index (χ1) is 11.5. The number of carbonyl (C=O) groups is 2. The molecule has 0 spiro atoms. The first-order valence-electron chi connectivity index (χ1n) is 7.20. The Bertz CT molecular complexity index is 803. The maximum absolute atomic E-state index is 12.7. The Balaban J connectivity index is 2.42. The molecule has 0 aliphatic rings. The summed E-state index contributed by atoms with van der Waals surface area (Å²) in [4.78, 5) is 35.0. The fourth-order valence-electron chi connectivity index (χ4n) is 2.08. The van der Waals surface area contributed by atoms with Gasteiger partial charge >= 0.3 is 5.97 Å². The Morgan fingerprint density at radius 2 is 1.83 bits per heavy atom. The molecule has 0 atom stereocenters. The largest absolute Gasteiger partial charge is 0.462 e. The number of nitro groups is 1. The van der Waals surface area contributed by atoms with Crippen LogP contribution in [0.5, 0.6) is 0 Å². The van der Waals surface area contributed by atoms with E-state index in [-0.39, 0.29) is 34.0 Å². The minimum Gasteiger partial charge on any atom is -0.462 e. The lowest BCUT2D eigenvalue weighted by molar-refractivity contribution is -0.384. The molecule has 6 nitrogen and oxygen atoms in total. The predicted molar refractivity (Wildman–Crippen MR) is 88.6 cm³/mol. The standard InChI is InChI=1S/C17H14ClNO5/c1-2-9-24-17(21)13-6-4-3-5-12(13)16(20)11-7-8-14(18)15(10-11)19(22)23/h3-8,10H,2,9H2,1H3. The number of esters is 1. The van der Waals surface area contributed by atoms with E-state index in [1.807, 2.05) is 6.92 Å². The van der Waals surface area contributed by atoms with E-state index in [0.29, 0.717) is 6.42 Å². The molecular weight excluding hydrogens is 334 g/mol. The summed E-state index contributed by atoms with van der Waals surface area (Å²) in [6.45, 7) is 2.10. The average Bonchev–Trinajstić information content (AvgIpc) is 2.59. The second-order valence-corrected chi connectivity index (χ2v) is 5.34. The zero-order chi connectivity index (χ0) is 17.7. The summed E-state index contributed by atoms with van der Waals surface area (Å²) in [7, 11) is 0. The van der Waals surface area contributed by atoms with E-state index in [1.165, 1.54) is 24.3 Å². The number of benzene rings is 2. The Morgan fingerprint density at radius 3 is 2.46 bits per heavy atom. The van der Waals surface area contributed by atoms with Gasteiger partial charge in [0.15, 0.2) is 5.78 Å². The van der Waals surface area contributed by atoms with E-state index in [2.05, 4.69) is 0 Å². The lowest BCUT2D eigenvalue weighted by atomic mass is 9.98. The molecule has 7 heteroatoms. The highest BCUT2D eigenvalue weighted by Crippen LogP contribution is 2.27. The number of nitro benzene ring substituents is 1. The third-order valence-electron chi connectivity index (χ3n) is 3.23. The van der Waals surface area contributed by atoms with Crippen LogP contribution < -0.4 is 0 Å². The van der Waals surface area contributed by atoms with Crippen LogP contribution in [0.25, 0.3) is 0 Å². The molecule has 0 aromatic heterocycles. The van der Waals surface area contributed by atoms with Crippen molar-refractivity contribution in [3.05, 3.63) is 74.3 Å². The Kier molecular flexibility index (Phi) is 5.65. The van der Waals surface area contributed by atoms with Gasteiger partial charge in [0, 0.05) is 17.2 Å². The molecule has 124 valence electrons. The highest BCUT2D eigenvalue weighted by Gasteiger charge is 2.22. The summed E-state index contributed by atoms with van der Waals surface area (Å²) >= 11 is 5.75. The van der Waals surface area contributed by atoms with Crippen molar-refractivity contribution in [3.63, 3.8) is 0 Å². The maximum atomic E-state index is 12.7. The molecule has 2 aromatic rings. The number of hydrogen-bond donors (Lipinski definition) is 0. The molecule has 0 amide bonds. The van der Waals surface area contributed by atoms with Crippen molar-refractivity contribution in [1.82, 2.24) is 0 Å². The van der Waals surface area contributed by atoms with Crippen LogP contribution in [0.1, 0.15) is 39.6 Å². The van der Waals surface area contributed by atoms with E-state index >= 15 is 0 Å². The summed E-state index contributed by atoms with van der Waals surface area (Å²) in [5.74, 6) is -1.12. The van der Waals surface area contributed by atoms with Crippen LogP contribution in [-0.4, -0.2) is 23.3 Å². The fourth-order valence-corrected chi connectivity index (χ4v) is 2.27. The molecule has 24 heavy (non-hydrogen) atoms. The first kappa shape index (κ1) is 17.6. The van der Waals surface area contributed by atoms with Crippen LogP contribution in [0.4, 0.5) is 5.69 Å². The molecule has 0 aliphatic heterocycles. The molecule has 0 N–H and O–H groups in total. The van der Waals surface area contributed by atoms with Gasteiger partial charge in [0.1, 0.15) is 5.02 Å². The lowest BCUT2D eigenvalue weighted by Gasteiger charge is -2.09. The van der Waals surface area contributed by atoms with Crippen molar-refractivity contribution in [1.29, 1.82) is 0 Å². The molecular formula is C17H14ClNO5. The van der Waals surface area contributed by atoms with Gasteiger partial charge in [-0.1, -0.05) is 36.7 Å². The van der Waals surface area contributed by atoms with Crippen LogP contribution in [0, 0.1) is 10.1 Å². The Morgan fingerprint density at radius 1 is 1.17 bits per heavy atom. The quantitative estimate of drug-likeness (QED) is 0.340. The molecule has 0 unspecified atom stereocenters. The minimum absolute atomic E-state index is 0.0628. The number of carbonyl (C=O) groups excluding carboxylic acids is 2. The third-order valence-corrected chi connectivity index (χ3v) is 3.55. The summed E-state index contributed by atoms with van der Waals surface area (Å²) in [5, 5.41) is 10.9. The van der Waals surface area contributed by atoms with Crippen molar-refractivity contribution in [2.24, 2.45) is 0 Å². The fraction of sp³-hybridized carbons (Fsp3) is 0.176. The predicted octanol–water partition coefficient (Wildman–Crippen LogP) is 4.05. The van der Waals surface area contributed by atoms with Crippen molar-refractivity contribution < 1.29 is 19.2 Å². The van der Waals surface area contributed by atoms with E-state index < -0.39 is 16.7 Å². The van der Waals surface area contributed by atoms with Gasteiger partial charge in [-0.15, -0.1) is 0 Å². The van der Waals surface area contributed by atoms with E-state index in [9.17, 15) is 19.7 Å². The zero-order valence-electron chi connectivity index (χ0n) is 12.8. The summed E-state index contributed by atoms with van der Waals surface area (Å²) in [6, 6.07) is 9.94. The molecule has 0 saturated heterocycles. The summed E-state index contributed by atoms with van der Waals surface area (Å²) in [6.07, 6.45) is 0.658. The third kappa shape index (κ3) is 3.78. The number of ether oxygens (including phenoxy) is 1. The summed E-state index contributed by atoms with van der Waals surface area (Å²) in [5.41, 5.74) is -0.0563. The molecule has 0 bridgehead atoms. The van der Waals surface area contributed by atoms with Crippen LogP contribution in [0.2, 0.25) is 5.02 Å². The van der Waals surface area contributed by atoms with Gasteiger partial charge in [0.25, 0.3) is 5.69 Å². The molecule has 2 aromatic carbocycles. The first-order valence-corrected chi connectivity index (χ1v) is 7.58. The highest BCUT2D eigenvalue weighted by atomic mass is 35.5. The van der Waals surface area contributed by atoms with Crippen molar-refractivity contribution in [2.75, 3.05) is 6.61 Å². The lowest BCUT2D eigenvalue weighted by Crippen LogP contribution is -2.13. The van der Waals surface area contributed by atoms with Crippen molar-refractivity contribution in [2.45, 2.75) is 13.3 Å². The monoisotopic (exact) mass is 347 g/mol. The number of hydrogen-bond acceptors (Lipinski definition) is 5. The van der Waals surface area contributed by atoms with Crippen LogP contribution in [0.3, 0.4) is 0 Å². The highest BCUT2D eigenvalue weighted by molar-refractivity contribution is 6.32. The number of rotatable bonds is 6. The Hall–Kier alpha value is -2.73. The maximum Gasteiger partial charge on any atom is 0.338 e. The number of nitrogens with zero attached hydrogens (tertiary/aromatic N) is 1. The van der Waals surface area contributed by atoms with Gasteiger partial charge in [-0.3, -0.25) is 14.9 Å². The second-order valence-electron chi connectivity index (χ2n) is 4.93. The second kappa shape index (κ2) is 7.70. The van der Waals surface area contributed by atoms with E-state index in [1.54, 1.807) is 12.1 Å². The van der Waals surface area contributed by atoms with Crippen LogP contribution in [0.15, 0.2) is 42.5 Å². The number of ketones is 1. The average molecular weight is 348 g/mol. The van der Waals surface area contributed by atoms with Gasteiger partial charge in [-0.2, -0.15) is 0 Å².